The van der Waals surface area contributed by atoms with Gasteiger partial charge in [-0.2, -0.15) is 0 Å². The van der Waals surface area contributed by atoms with E-state index in [1.165, 1.54) is 23.4 Å². The van der Waals surface area contributed by atoms with Crippen molar-refractivity contribution >= 4 is 11.7 Å². The molecular formula is C21H26FN3O. The van der Waals surface area contributed by atoms with Crippen LogP contribution in [0.3, 0.4) is 0 Å². The van der Waals surface area contributed by atoms with Gasteiger partial charge >= 0.3 is 6.03 Å². The fourth-order valence-electron chi connectivity index (χ4n) is 3.37. The second-order valence-corrected chi connectivity index (χ2v) is 6.99. The van der Waals surface area contributed by atoms with Crippen molar-refractivity contribution in [2.75, 3.05) is 18.0 Å². The summed E-state index contributed by atoms with van der Waals surface area (Å²) < 4.78 is 13.0. The van der Waals surface area contributed by atoms with Gasteiger partial charge in [-0.15, -0.1) is 0 Å². The average Bonchev–Trinajstić information content (AvgIpc) is 2.62. The topological polar surface area (TPSA) is 44.4 Å². The van der Waals surface area contributed by atoms with E-state index in [9.17, 15) is 9.18 Å². The molecule has 1 aliphatic rings. The van der Waals surface area contributed by atoms with Gasteiger partial charge in [0.1, 0.15) is 5.82 Å². The molecule has 2 amide bonds. The molecule has 0 bridgehead atoms. The predicted octanol–water partition coefficient (Wildman–Crippen LogP) is 4.16. The van der Waals surface area contributed by atoms with Crippen molar-refractivity contribution in [2.24, 2.45) is 0 Å². The smallest absolute Gasteiger partial charge is 0.315 e. The zero-order valence-corrected chi connectivity index (χ0v) is 15.3. The van der Waals surface area contributed by atoms with Crippen LogP contribution in [0.1, 0.15) is 36.9 Å². The Labute approximate surface area is 154 Å². The maximum Gasteiger partial charge on any atom is 0.315 e. The van der Waals surface area contributed by atoms with Gasteiger partial charge in [0, 0.05) is 24.8 Å². The monoisotopic (exact) mass is 355 g/mol. The molecule has 4 nitrogen and oxygen atoms in total. The van der Waals surface area contributed by atoms with Crippen molar-refractivity contribution in [1.29, 1.82) is 0 Å². The Morgan fingerprint density at radius 3 is 2.50 bits per heavy atom. The van der Waals surface area contributed by atoms with Crippen LogP contribution in [0.5, 0.6) is 0 Å². The lowest BCUT2D eigenvalue weighted by atomic mass is 10.0. The molecule has 1 heterocycles. The summed E-state index contributed by atoms with van der Waals surface area (Å²) in [6.45, 7) is 5.86. The van der Waals surface area contributed by atoms with Gasteiger partial charge < -0.3 is 15.5 Å². The first-order chi connectivity index (χ1) is 12.5. The minimum atomic E-state index is -0.272. The Kier molecular flexibility index (Phi) is 5.76. The molecule has 138 valence electrons. The van der Waals surface area contributed by atoms with Crippen LogP contribution in [-0.4, -0.2) is 25.2 Å². The van der Waals surface area contributed by atoms with Gasteiger partial charge in [0.15, 0.2) is 0 Å². The molecule has 1 aliphatic heterocycles. The molecule has 1 saturated heterocycles. The second-order valence-electron chi connectivity index (χ2n) is 6.99. The number of rotatable bonds is 4. The summed E-state index contributed by atoms with van der Waals surface area (Å²) in [7, 11) is 0. The number of aryl methyl sites for hydroxylation is 1. The summed E-state index contributed by atoms with van der Waals surface area (Å²) >= 11 is 0. The van der Waals surface area contributed by atoms with Gasteiger partial charge in [-0.1, -0.05) is 24.3 Å². The number of hydrogen-bond donors (Lipinski definition) is 2. The number of urea groups is 1. The minimum absolute atomic E-state index is 0.164. The first-order valence-corrected chi connectivity index (χ1v) is 9.15. The van der Waals surface area contributed by atoms with Crippen molar-refractivity contribution in [1.82, 2.24) is 10.6 Å². The molecule has 5 heteroatoms. The number of hydrogen-bond acceptors (Lipinski definition) is 2. The average molecular weight is 355 g/mol. The van der Waals surface area contributed by atoms with Crippen LogP contribution in [0.2, 0.25) is 0 Å². The van der Waals surface area contributed by atoms with Crippen LogP contribution in [0.25, 0.3) is 0 Å². The molecule has 2 aromatic carbocycles. The number of nitrogens with one attached hydrogen (secondary N) is 2. The number of nitrogens with zero attached hydrogens (tertiary/aromatic N) is 1. The molecule has 0 saturated carbocycles. The molecule has 0 unspecified atom stereocenters. The van der Waals surface area contributed by atoms with E-state index < -0.39 is 0 Å². The van der Waals surface area contributed by atoms with Crippen LogP contribution in [0, 0.1) is 12.7 Å². The van der Waals surface area contributed by atoms with Gasteiger partial charge in [0.25, 0.3) is 0 Å². The van der Waals surface area contributed by atoms with Gasteiger partial charge in [-0.25, -0.2) is 9.18 Å². The molecule has 0 spiro atoms. The third-order valence-electron chi connectivity index (χ3n) is 4.91. The van der Waals surface area contributed by atoms with Crippen LogP contribution in [0.4, 0.5) is 14.9 Å². The van der Waals surface area contributed by atoms with E-state index in [4.69, 9.17) is 0 Å². The lowest BCUT2D eigenvalue weighted by Gasteiger charge is -2.34. The summed E-state index contributed by atoms with van der Waals surface area (Å²) in [6.07, 6.45) is 1.85. The standard InChI is InChI=1S/C21H26FN3O/c1-15-4-3-5-20(14-15)25-12-10-19(11-13-25)24-21(26)23-16(2)17-6-8-18(22)9-7-17/h3-9,14,16,19H,10-13H2,1-2H3,(H2,23,24,26)/t16-/m1/s1. The van der Waals surface area contributed by atoms with Crippen LogP contribution >= 0.6 is 0 Å². The Balaban J connectivity index is 1.46. The van der Waals surface area contributed by atoms with Gasteiger partial charge in [0.05, 0.1) is 6.04 Å². The van der Waals surface area contributed by atoms with Crippen molar-refractivity contribution in [3.05, 3.63) is 65.5 Å². The van der Waals surface area contributed by atoms with E-state index in [0.717, 1.165) is 31.5 Å². The third-order valence-corrected chi connectivity index (χ3v) is 4.91. The Bertz CT molecular complexity index is 739. The highest BCUT2D eigenvalue weighted by Gasteiger charge is 2.21. The molecule has 3 rings (SSSR count). The quantitative estimate of drug-likeness (QED) is 0.865. The molecule has 26 heavy (non-hydrogen) atoms. The Hall–Kier alpha value is -2.56. The molecular weight excluding hydrogens is 329 g/mol. The van der Waals surface area contributed by atoms with Crippen molar-refractivity contribution < 1.29 is 9.18 Å². The number of piperidine rings is 1. The maximum atomic E-state index is 13.0. The Morgan fingerprint density at radius 2 is 1.85 bits per heavy atom. The van der Waals surface area contributed by atoms with Crippen LogP contribution in [0.15, 0.2) is 48.5 Å². The molecule has 0 aromatic heterocycles. The number of halogens is 1. The zero-order valence-electron chi connectivity index (χ0n) is 15.3. The fourth-order valence-corrected chi connectivity index (χ4v) is 3.37. The highest BCUT2D eigenvalue weighted by atomic mass is 19.1. The van der Waals surface area contributed by atoms with Crippen molar-refractivity contribution in [3.63, 3.8) is 0 Å². The summed E-state index contributed by atoms with van der Waals surface area (Å²) in [6, 6.07) is 14.6. The predicted molar refractivity (Wildman–Crippen MR) is 103 cm³/mol. The summed E-state index contributed by atoms with van der Waals surface area (Å²) in [4.78, 5) is 14.6. The SMILES string of the molecule is Cc1cccc(N2CCC(NC(=O)N[C@H](C)c3ccc(F)cc3)CC2)c1. The molecule has 1 atom stereocenters. The number of carbonyl (C=O) groups excluding carboxylic acids is 1. The molecule has 0 radical (unpaired) electrons. The first kappa shape index (κ1) is 18.2. The van der Waals surface area contributed by atoms with E-state index in [1.807, 2.05) is 6.92 Å². The van der Waals surface area contributed by atoms with Crippen LogP contribution in [-0.2, 0) is 0 Å². The normalized spacial score (nSPS) is 16.2. The minimum Gasteiger partial charge on any atom is -0.371 e. The van der Waals surface area contributed by atoms with Gasteiger partial charge in [-0.05, 0) is 62.1 Å². The largest absolute Gasteiger partial charge is 0.371 e. The number of anilines is 1. The molecule has 2 N–H and O–H groups in total. The number of benzene rings is 2. The Morgan fingerprint density at radius 1 is 1.15 bits per heavy atom. The second kappa shape index (κ2) is 8.21. The van der Waals surface area contributed by atoms with E-state index in [-0.39, 0.29) is 23.9 Å². The summed E-state index contributed by atoms with van der Waals surface area (Å²) in [5.74, 6) is -0.272. The lowest BCUT2D eigenvalue weighted by Crippen LogP contribution is -2.48. The summed E-state index contributed by atoms with van der Waals surface area (Å²) in [5.41, 5.74) is 3.39. The molecule has 2 aromatic rings. The first-order valence-electron chi connectivity index (χ1n) is 9.15. The highest BCUT2D eigenvalue weighted by Crippen LogP contribution is 2.21. The number of carbonyl (C=O) groups is 1. The van der Waals surface area contributed by atoms with Crippen molar-refractivity contribution in [3.8, 4) is 0 Å². The zero-order chi connectivity index (χ0) is 18.5. The van der Waals surface area contributed by atoms with Gasteiger partial charge in [0.2, 0.25) is 0 Å². The molecule has 1 fully saturated rings. The van der Waals surface area contributed by atoms with E-state index >= 15 is 0 Å². The fraction of sp³-hybridized carbons (Fsp3) is 0.381. The number of amides is 2. The van der Waals surface area contributed by atoms with E-state index in [2.05, 4.69) is 46.7 Å². The van der Waals surface area contributed by atoms with Crippen LogP contribution < -0.4 is 15.5 Å². The van der Waals surface area contributed by atoms with Gasteiger partial charge in [-0.3, -0.25) is 0 Å². The third kappa shape index (κ3) is 4.75. The van der Waals surface area contributed by atoms with Crippen molar-refractivity contribution in [2.45, 2.75) is 38.8 Å². The maximum absolute atomic E-state index is 13.0. The highest BCUT2D eigenvalue weighted by molar-refractivity contribution is 5.74. The summed E-state index contributed by atoms with van der Waals surface area (Å²) in [5, 5.41) is 5.99. The van der Waals surface area contributed by atoms with E-state index in [0.29, 0.717) is 0 Å². The van der Waals surface area contributed by atoms with E-state index in [1.54, 1.807) is 12.1 Å². The molecule has 0 aliphatic carbocycles. The lowest BCUT2D eigenvalue weighted by molar-refractivity contribution is 0.231.